The molecule has 1 aliphatic rings. The maximum Gasteiger partial charge on any atom is 0.260 e. The molecular weight excluding hydrogens is 466 g/mol. The molecule has 0 unspecified atom stereocenters. The van der Waals surface area contributed by atoms with Crippen LogP contribution < -0.4 is 14.4 Å². The molecule has 0 aliphatic carbocycles. The van der Waals surface area contributed by atoms with Gasteiger partial charge in [0.2, 0.25) is 5.88 Å². The third-order valence-electron chi connectivity index (χ3n) is 6.94. The molecule has 37 heavy (non-hydrogen) atoms. The Morgan fingerprint density at radius 3 is 2.27 bits per heavy atom. The van der Waals surface area contributed by atoms with Gasteiger partial charge in [0.15, 0.2) is 12.3 Å². The Morgan fingerprint density at radius 2 is 1.62 bits per heavy atom. The van der Waals surface area contributed by atoms with Crippen LogP contribution in [0, 0.1) is 13.8 Å². The first kappa shape index (κ1) is 24.6. The number of pyridine rings is 1. The topological polar surface area (TPSA) is 72.7 Å². The van der Waals surface area contributed by atoms with Crippen molar-refractivity contribution in [2.75, 3.05) is 44.8 Å². The average molecular weight is 500 g/mol. The Bertz CT molecular complexity index is 1390. The zero-order valence-corrected chi connectivity index (χ0v) is 21.9. The number of fused-ring (bicyclic) bond motifs is 1. The predicted molar refractivity (Wildman–Crippen MR) is 145 cm³/mol. The van der Waals surface area contributed by atoms with Gasteiger partial charge in [-0.25, -0.2) is 4.68 Å². The molecule has 0 N–H and O–H groups in total. The molecule has 3 heterocycles. The second-order valence-electron chi connectivity index (χ2n) is 9.36. The van der Waals surface area contributed by atoms with Gasteiger partial charge in [-0.15, -0.1) is 0 Å². The van der Waals surface area contributed by atoms with Crippen LogP contribution in [-0.2, 0) is 11.2 Å². The van der Waals surface area contributed by atoms with Crippen LogP contribution in [0.15, 0.2) is 54.6 Å². The molecular formula is C29H33N5O3. The number of carbonyl (C=O) groups is 1. The fraction of sp³-hybridized carbons (Fsp3) is 0.345. The van der Waals surface area contributed by atoms with Crippen LogP contribution in [0.2, 0.25) is 0 Å². The third-order valence-corrected chi connectivity index (χ3v) is 6.94. The normalized spacial score (nSPS) is 13.7. The number of ether oxygens (including phenoxy) is 2. The summed E-state index contributed by atoms with van der Waals surface area (Å²) in [6.45, 7) is 8.99. The van der Waals surface area contributed by atoms with E-state index in [-0.39, 0.29) is 12.5 Å². The zero-order valence-electron chi connectivity index (χ0n) is 21.9. The maximum atomic E-state index is 13.0. The molecule has 1 aliphatic heterocycles. The van der Waals surface area contributed by atoms with Gasteiger partial charge < -0.3 is 19.3 Å². The number of amides is 1. The highest BCUT2D eigenvalue weighted by atomic mass is 16.5. The standard InChI is InChI=1S/C29H33N5O3/c1-5-22-18-26(30-29-28(22)21(3)31-34(29)24-8-6-20(2)7-9-24)37-19-27(35)33-16-14-32(15-17-33)23-10-12-25(36-4)13-11-23/h6-13,18H,5,14-17,19H2,1-4H3. The first-order chi connectivity index (χ1) is 18.0. The van der Waals surface area contributed by atoms with Crippen LogP contribution >= 0.6 is 0 Å². The lowest BCUT2D eigenvalue weighted by atomic mass is 10.1. The molecule has 0 radical (unpaired) electrons. The molecule has 5 rings (SSSR count). The highest BCUT2D eigenvalue weighted by molar-refractivity contribution is 5.84. The first-order valence-electron chi connectivity index (χ1n) is 12.7. The van der Waals surface area contributed by atoms with E-state index in [2.05, 4.69) is 43.0 Å². The predicted octanol–water partition coefficient (Wildman–Crippen LogP) is 4.34. The second kappa shape index (κ2) is 10.5. The summed E-state index contributed by atoms with van der Waals surface area (Å²) in [7, 11) is 1.66. The summed E-state index contributed by atoms with van der Waals surface area (Å²) in [5.41, 5.74) is 6.05. The van der Waals surface area contributed by atoms with Gasteiger partial charge >= 0.3 is 0 Å². The summed E-state index contributed by atoms with van der Waals surface area (Å²) in [6.07, 6.45) is 0.817. The van der Waals surface area contributed by atoms with E-state index in [0.717, 1.165) is 58.9 Å². The minimum Gasteiger partial charge on any atom is -0.497 e. The monoisotopic (exact) mass is 499 g/mol. The summed E-state index contributed by atoms with van der Waals surface area (Å²) in [4.78, 5) is 21.9. The molecule has 0 atom stereocenters. The summed E-state index contributed by atoms with van der Waals surface area (Å²) in [5, 5.41) is 5.80. The van der Waals surface area contributed by atoms with Crippen molar-refractivity contribution in [3.05, 3.63) is 71.4 Å². The lowest BCUT2D eigenvalue weighted by Gasteiger charge is -2.36. The fourth-order valence-corrected chi connectivity index (χ4v) is 4.80. The van der Waals surface area contributed by atoms with Crippen LogP contribution in [0.1, 0.15) is 23.7 Å². The van der Waals surface area contributed by atoms with Crippen molar-refractivity contribution in [1.29, 1.82) is 0 Å². The number of nitrogens with zero attached hydrogens (tertiary/aromatic N) is 5. The van der Waals surface area contributed by atoms with E-state index in [1.165, 1.54) is 5.56 Å². The molecule has 8 heteroatoms. The Labute approximate surface area is 217 Å². The number of anilines is 1. The quantitative estimate of drug-likeness (QED) is 0.377. The number of hydrogen-bond acceptors (Lipinski definition) is 6. The van der Waals surface area contributed by atoms with E-state index in [1.807, 2.05) is 46.8 Å². The van der Waals surface area contributed by atoms with E-state index < -0.39 is 0 Å². The molecule has 0 spiro atoms. The number of methoxy groups -OCH3 is 1. The van der Waals surface area contributed by atoms with E-state index in [1.54, 1.807) is 7.11 Å². The summed E-state index contributed by atoms with van der Waals surface area (Å²) >= 11 is 0. The first-order valence-corrected chi connectivity index (χ1v) is 12.7. The maximum absolute atomic E-state index is 13.0. The molecule has 4 aromatic rings. The molecule has 1 amide bonds. The number of aryl methyl sites for hydroxylation is 3. The van der Waals surface area contributed by atoms with Gasteiger partial charge in [-0.2, -0.15) is 10.1 Å². The highest BCUT2D eigenvalue weighted by Gasteiger charge is 2.22. The number of carbonyl (C=O) groups excluding carboxylic acids is 1. The molecule has 0 saturated carbocycles. The second-order valence-corrected chi connectivity index (χ2v) is 9.36. The smallest absolute Gasteiger partial charge is 0.260 e. The Kier molecular flexibility index (Phi) is 6.99. The minimum absolute atomic E-state index is 0.0300. The molecule has 2 aromatic carbocycles. The summed E-state index contributed by atoms with van der Waals surface area (Å²) in [6, 6.07) is 18.2. The van der Waals surface area contributed by atoms with Gasteiger partial charge in [-0.1, -0.05) is 24.6 Å². The van der Waals surface area contributed by atoms with Crippen molar-refractivity contribution in [3.63, 3.8) is 0 Å². The number of piperazine rings is 1. The molecule has 0 bridgehead atoms. The third kappa shape index (κ3) is 5.09. The molecule has 192 valence electrons. The van der Waals surface area contributed by atoms with Gasteiger partial charge in [-0.3, -0.25) is 4.79 Å². The lowest BCUT2D eigenvalue weighted by molar-refractivity contribution is -0.133. The summed E-state index contributed by atoms with van der Waals surface area (Å²) < 4.78 is 13.1. The number of aromatic nitrogens is 3. The Hall–Kier alpha value is -4.07. The fourth-order valence-electron chi connectivity index (χ4n) is 4.80. The Morgan fingerprint density at radius 1 is 0.946 bits per heavy atom. The minimum atomic E-state index is -0.0398. The van der Waals surface area contributed by atoms with Crippen molar-refractivity contribution in [3.8, 4) is 17.3 Å². The van der Waals surface area contributed by atoms with E-state index in [9.17, 15) is 4.79 Å². The largest absolute Gasteiger partial charge is 0.497 e. The van der Waals surface area contributed by atoms with Crippen molar-refractivity contribution < 1.29 is 14.3 Å². The van der Waals surface area contributed by atoms with Crippen molar-refractivity contribution in [1.82, 2.24) is 19.7 Å². The molecule has 1 fully saturated rings. The van der Waals surface area contributed by atoms with Gasteiger partial charge in [0.1, 0.15) is 5.75 Å². The highest BCUT2D eigenvalue weighted by Crippen LogP contribution is 2.28. The number of benzene rings is 2. The van der Waals surface area contributed by atoms with Crippen LogP contribution in [0.25, 0.3) is 16.7 Å². The number of rotatable bonds is 7. The summed E-state index contributed by atoms with van der Waals surface area (Å²) in [5.74, 6) is 1.25. The van der Waals surface area contributed by atoms with Crippen LogP contribution in [0.4, 0.5) is 5.69 Å². The molecule has 1 saturated heterocycles. The van der Waals surface area contributed by atoms with Crippen LogP contribution in [0.5, 0.6) is 11.6 Å². The van der Waals surface area contributed by atoms with E-state index >= 15 is 0 Å². The van der Waals surface area contributed by atoms with Gasteiger partial charge in [0.05, 0.1) is 18.5 Å². The molecule has 2 aromatic heterocycles. The van der Waals surface area contributed by atoms with Gasteiger partial charge in [-0.05, 0) is 62.2 Å². The van der Waals surface area contributed by atoms with Crippen molar-refractivity contribution in [2.24, 2.45) is 0 Å². The number of hydrogen-bond donors (Lipinski definition) is 0. The lowest BCUT2D eigenvalue weighted by Crippen LogP contribution is -2.50. The Balaban J connectivity index is 1.27. The van der Waals surface area contributed by atoms with E-state index in [0.29, 0.717) is 19.0 Å². The average Bonchev–Trinajstić information content (AvgIpc) is 3.28. The van der Waals surface area contributed by atoms with Crippen molar-refractivity contribution >= 4 is 22.6 Å². The van der Waals surface area contributed by atoms with Crippen molar-refractivity contribution in [2.45, 2.75) is 27.2 Å². The SMILES string of the molecule is CCc1cc(OCC(=O)N2CCN(c3ccc(OC)cc3)CC2)nc2c1c(C)nn2-c1ccc(C)cc1. The van der Waals surface area contributed by atoms with Gasteiger partial charge in [0, 0.05) is 43.3 Å². The van der Waals surface area contributed by atoms with Crippen LogP contribution in [0.3, 0.4) is 0 Å². The molecule has 8 nitrogen and oxygen atoms in total. The zero-order chi connectivity index (χ0) is 25.9. The van der Waals surface area contributed by atoms with Crippen LogP contribution in [-0.4, -0.2) is 65.5 Å². The van der Waals surface area contributed by atoms with E-state index in [4.69, 9.17) is 19.6 Å². The van der Waals surface area contributed by atoms with Gasteiger partial charge in [0.25, 0.3) is 5.91 Å².